The summed E-state index contributed by atoms with van der Waals surface area (Å²) in [5.74, 6) is 0.0613. The molecule has 4 nitrogen and oxygen atoms in total. The first-order valence-corrected chi connectivity index (χ1v) is 7.45. The fourth-order valence-electron chi connectivity index (χ4n) is 2.21. The Labute approximate surface area is 122 Å². The van der Waals surface area contributed by atoms with Crippen LogP contribution in [0.15, 0.2) is 18.2 Å². The molecule has 0 spiro atoms. The van der Waals surface area contributed by atoms with E-state index in [-0.39, 0.29) is 5.91 Å². The highest BCUT2D eigenvalue weighted by atomic mass is 16.1. The molecule has 0 saturated carbocycles. The number of nitrogens with zero attached hydrogens (tertiary/aromatic N) is 1. The van der Waals surface area contributed by atoms with Crippen LogP contribution in [-0.2, 0) is 4.79 Å². The summed E-state index contributed by atoms with van der Waals surface area (Å²) in [6.07, 6.45) is 2.60. The highest BCUT2D eigenvalue weighted by Crippen LogP contribution is 2.20. The van der Waals surface area contributed by atoms with Crippen LogP contribution in [0.5, 0.6) is 0 Å². The van der Waals surface area contributed by atoms with Crippen molar-refractivity contribution in [1.29, 1.82) is 0 Å². The Hall–Kier alpha value is -1.55. The van der Waals surface area contributed by atoms with Crippen LogP contribution >= 0.6 is 0 Å². The lowest BCUT2D eigenvalue weighted by Gasteiger charge is -2.19. The molecular formula is C16H27N3O. The van der Waals surface area contributed by atoms with E-state index in [9.17, 15) is 4.79 Å². The minimum absolute atomic E-state index is 0.0613. The molecule has 0 unspecified atom stereocenters. The Morgan fingerprint density at radius 3 is 2.70 bits per heavy atom. The maximum atomic E-state index is 11.9. The van der Waals surface area contributed by atoms with Gasteiger partial charge in [-0.3, -0.25) is 4.79 Å². The number of hydrogen-bond donors (Lipinski definition) is 2. The van der Waals surface area contributed by atoms with E-state index in [0.717, 1.165) is 43.7 Å². The molecule has 0 aliphatic heterocycles. The average Bonchev–Trinajstić information content (AvgIpc) is 2.43. The summed E-state index contributed by atoms with van der Waals surface area (Å²) < 4.78 is 0. The first-order valence-electron chi connectivity index (χ1n) is 7.45. The highest BCUT2D eigenvalue weighted by molar-refractivity contribution is 5.92. The summed E-state index contributed by atoms with van der Waals surface area (Å²) in [5, 5.41) is 2.94. The number of nitrogen functional groups attached to an aromatic ring is 1. The van der Waals surface area contributed by atoms with Gasteiger partial charge in [0.1, 0.15) is 0 Å². The summed E-state index contributed by atoms with van der Waals surface area (Å²) in [6.45, 7) is 9.39. The number of anilines is 2. The summed E-state index contributed by atoms with van der Waals surface area (Å²) >= 11 is 0. The molecule has 0 bridgehead atoms. The number of amides is 1. The first-order chi connectivity index (χ1) is 9.58. The van der Waals surface area contributed by atoms with E-state index in [1.807, 2.05) is 25.1 Å². The van der Waals surface area contributed by atoms with Crippen molar-refractivity contribution in [1.82, 2.24) is 4.90 Å². The fraction of sp³-hybridized carbons (Fsp3) is 0.562. The lowest BCUT2D eigenvalue weighted by Crippen LogP contribution is -2.26. The van der Waals surface area contributed by atoms with Crippen molar-refractivity contribution in [3.63, 3.8) is 0 Å². The van der Waals surface area contributed by atoms with Crippen LogP contribution in [-0.4, -0.2) is 30.4 Å². The fourth-order valence-corrected chi connectivity index (χ4v) is 2.21. The normalized spacial score (nSPS) is 10.8. The van der Waals surface area contributed by atoms with E-state index in [1.54, 1.807) is 0 Å². The average molecular weight is 277 g/mol. The molecule has 0 radical (unpaired) electrons. The van der Waals surface area contributed by atoms with Gasteiger partial charge in [-0.25, -0.2) is 0 Å². The van der Waals surface area contributed by atoms with Crippen molar-refractivity contribution in [2.45, 2.75) is 40.0 Å². The van der Waals surface area contributed by atoms with Gasteiger partial charge in [-0.05, 0) is 57.1 Å². The Morgan fingerprint density at radius 2 is 2.05 bits per heavy atom. The number of nitrogens with one attached hydrogen (secondary N) is 1. The van der Waals surface area contributed by atoms with Gasteiger partial charge in [0.15, 0.2) is 0 Å². The zero-order valence-electron chi connectivity index (χ0n) is 12.9. The topological polar surface area (TPSA) is 58.4 Å². The van der Waals surface area contributed by atoms with Crippen LogP contribution in [0.4, 0.5) is 11.4 Å². The molecule has 20 heavy (non-hydrogen) atoms. The Kier molecular flexibility index (Phi) is 7.09. The maximum Gasteiger partial charge on any atom is 0.224 e. The third-order valence-electron chi connectivity index (χ3n) is 3.52. The van der Waals surface area contributed by atoms with Gasteiger partial charge in [0.05, 0.1) is 0 Å². The van der Waals surface area contributed by atoms with Crippen molar-refractivity contribution in [2.75, 3.05) is 30.7 Å². The van der Waals surface area contributed by atoms with Crippen molar-refractivity contribution in [2.24, 2.45) is 0 Å². The number of carbonyl (C=O) groups excluding carboxylic acids is 1. The molecule has 1 amide bonds. The number of benzene rings is 1. The van der Waals surface area contributed by atoms with Crippen LogP contribution in [0.3, 0.4) is 0 Å². The molecule has 4 heteroatoms. The summed E-state index contributed by atoms with van der Waals surface area (Å²) in [5.41, 5.74) is 8.29. The predicted octanol–water partition coefficient (Wildman–Crippen LogP) is 3.03. The largest absolute Gasteiger partial charge is 0.398 e. The lowest BCUT2D eigenvalue weighted by molar-refractivity contribution is -0.116. The molecule has 0 fully saturated rings. The zero-order chi connectivity index (χ0) is 15.0. The number of carbonyl (C=O) groups is 1. The molecule has 0 atom stereocenters. The van der Waals surface area contributed by atoms with Crippen LogP contribution < -0.4 is 11.1 Å². The highest BCUT2D eigenvalue weighted by Gasteiger charge is 2.07. The maximum absolute atomic E-state index is 11.9. The molecule has 0 saturated heterocycles. The second-order valence-corrected chi connectivity index (χ2v) is 5.11. The van der Waals surface area contributed by atoms with E-state index in [0.29, 0.717) is 12.1 Å². The summed E-state index contributed by atoms with van der Waals surface area (Å²) in [7, 11) is 0. The second kappa shape index (κ2) is 8.59. The van der Waals surface area contributed by atoms with E-state index >= 15 is 0 Å². The smallest absolute Gasteiger partial charge is 0.224 e. The van der Waals surface area contributed by atoms with Gasteiger partial charge < -0.3 is 16.0 Å². The quantitative estimate of drug-likeness (QED) is 0.718. The molecule has 3 N–H and O–H groups in total. The standard InChI is InChI=1S/C16H27N3O/c1-4-11-19(5-2)12-7-10-16(20)18-15-9-6-8-14(17)13(15)3/h6,8-9H,4-5,7,10-12,17H2,1-3H3,(H,18,20). The van der Waals surface area contributed by atoms with E-state index in [1.165, 1.54) is 0 Å². The van der Waals surface area contributed by atoms with Gasteiger partial charge in [0.25, 0.3) is 0 Å². The van der Waals surface area contributed by atoms with Crippen molar-refractivity contribution < 1.29 is 4.79 Å². The van der Waals surface area contributed by atoms with E-state index < -0.39 is 0 Å². The van der Waals surface area contributed by atoms with Crippen LogP contribution in [0.2, 0.25) is 0 Å². The first kappa shape index (κ1) is 16.5. The molecule has 112 valence electrons. The Bertz CT molecular complexity index is 432. The predicted molar refractivity (Wildman–Crippen MR) is 85.9 cm³/mol. The van der Waals surface area contributed by atoms with Crippen LogP contribution in [0.1, 0.15) is 38.7 Å². The molecular weight excluding hydrogens is 250 g/mol. The van der Waals surface area contributed by atoms with Gasteiger partial charge in [0.2, 0.25) is 5.91 Å². The summed E-state index contributed by atoms with van der Waals surface area (Å²) in [4.78, 5) is 14.3. The molecule has 1 aromatic rings. The zero-order valence-corrected chi connectivity index (χ0v) is 12.9. The van der Waals surface area contributed by atoms with Gasteiger partial charge in [-0.15, -0.1) is 0 Å². The third-order valence-corrected chi connectivity index (χ3v) is 3.52. The SMILES string of the molecule is CCCN(CC)CCCC(=O)Nc1cccc(N)c1C. The molecule has 0 aliphatic rings. The Morgan fingerprint density at radius 1 is 1.30 bits per heavy atom. The molecule has 1 rings (SSSR count). The van der Waals surface area contributed by atoms with Gasteiger partial charge in [-0.1, -0.05) is 19.9 Å². The molecule has 1 aromatic carbocycles. The lowest BCUT2D eigenvalue weighted by atomic mass is 10.1. The Balaban J connectivity index is 2.38. The third kappa shape index (κ3) is 5.21. The van der Waals surface area contributed by atoms with Gasteiger partial charge in [0, 0.05) is 17.8 Å². The minimum atomic E-state index is 0.0613. The number of hydrogen-bond acceptors (Lipinski definition) is 3. The molecule has 0 aromatic heterocycles. The monoisotopic (exact) mass is 277 g/mol. The number of nitrogens with two attached hydrogens (primary N) is 1. The van der Waals surface area contributed by atoms with Gasteiger partial charge in [-0.2, -0.15) is 0 Å². The second-order valence-electron chi connectivity index (χ2n) is 5.11. The van der Waals surface area contributed by atoms with Gasteiger partial charge >= 0.3 is 0 Å². The van der Waals surface area contributed by atoms with E-state index in [2.05, 4.69) is 24.1 Å². The minimum Gasteiger partial charge on any atom is -0.398 e. The van der Waals surface area contributed by atoms with Crippen LogP contribution in [0.25, 0.3) is 0 Å². The van der Waals surface area contributed by atoms with E-state index in [4.69, 9.17) is 5.73 Å². The van der Waals surface area contributed by atoms with Crippen molar-refractivity contribution >= 4 is 17.3 Å². The summed E-state index contributed by atoms with van der Waals surface area (Å²) in [6, 6.07) is 5.59. The molecule has 0 heterocycles. The van der Waals surface area contributed by atoms with Crippen molar-refractivity contribution in [3.8, 4) is 0 Å². The van der Waals surface area contributed by atoms with Crippen LogP contribution in [0, 0.1) is 6.92 Å². The van der Waals surface area contributed by atoms with Crippen molar-refractivity contribution in [3.05, 3.63) is 23.8 Å². The molecule has 0 aliphatic carbocycles. The number of rotatable bonds is 8.